The minimum Gasteiger partial charge on any atom is -0.508 e. The van der Waals surface area contributed by atoms with Gasteiger partial charge >= 0.3 is 0 Å². The molecule has 0 aliphatic carbocycles. The van der Waals surface area contributed by atoms with E-state index in [9.17, 15) is 5.11 Å². The van der Waals surface area contributed by atoms with Crippen LogP contribution in [0.4, 0.5) is 16.5 Å². The first-order chi connectivity index (χ1) is 35.1. The van der Waals surface area contributed by atoms with E-state index in [2.05, 4.69) is 202 Å². The monoisotopic (exact) mass is 1050 g/mol. The molecule has 0 amide bonds. The third-order valence-corrected chi connectivity index (χ3v) is 13.6. The Bertz CT molecular complexity index is 2950. The number of aryl methyl sites for hydroxylation is 1. The summed E-state index contributed by atoms with van der Waals surface area (Å²) in [5.41, 5.74) is 24.2. The molecule has 0 radical (unpaired) electrons. The fourth-order valence-corrected chi connectivity index (χ4v) is 8.32. The molecule has 7 aromatic rings. The third kappa shape index (κ3) is 19.3. The van der Waals surface area contributed by atoms with Gasteiger partial charge in [0.25, 0.3) is 0 Å². The quantitative estimate of drug-likeness (QED) is 0.119. The molecule has 0 unspecified atom stereocenters. The van der Waals surface area contributed by atoms with E-state index in [0.29, 0.717) is 30.9 Å². The van der Waals surface area contributed by atoms with Crippen LogP contribution >= 0.6 is 11.3 Å². The highest BCUT2D eigenvalue weighted by molar-refractivity contribution is 7.22. The van der Waals surface area contributed by atoms with Crippen LogP contribution in [0.2, 0.25) is 0 Å². The van der Waals surface area contributed by atoms with E-state index in [1.54, 1.807) is 17.4 Å². The van der Waals surface area contributed by atoms with Gasteiger partial charge in [0.15, 0.2) is 28.1 Å². The van der Waals surface area contributed by atoms with Gasteiger partial charge in [-0.05, 0) is 145 Å². The first kappa shape index (κ1) is 62.2. The summed E-state index contributed by atoms with van der Waals surface area (Å²) >= 11 is 1.55. The Balaban J connectivity index is 0.000000198. The lowest BCUT2D eigenvalue weighted by Gasteiger charge is -2.23. The van der Waals surface area contributed by atoms with E-state index in [1.165, 1.54) is 43.8 Å². The van der Waals surface area contributed by atoms with Gasteiger partial charge in [0.2, 0.25) is 6.79 Å². The van der Waals surface area contributed by atoms with Crippen LogP contribution < -0.4 is 35.7 Å². The van der Waals surface area contributed by atoms with Crippen LogP contribution in [0.1, 0.15) is 164 Å². The van der Waals surface area contributed by atoms with Gasteiger partial charge in [-0.15, -0.1) is 0 Å². The lowest BCUT2D eigenvalue weighted by molar-refractivity contribution is 0.171. The molecule has 2 aliphatic heterocycles. The minimum absolute atomic E-state index is 0.163. The van der Waals surface area contributed by atoms with E-state index < -0.39 is 0 Å². The molecular weight excluding hydrogens is 961 g/mol. The third-order valence-electron chi connectivity index (χ3n) is 12.8. The van der Waals surface area contributed by atoms with E-state index in [0.717, 1.165) is 39.8 Å². The zero-order chi connectivity index (χ0) is 57.0. The highest BCUT2D eigenvalue weighted by Crippen LogP contribution is 2.37. The van der Waals surface area contributed by atoms with E-state index in [1.807, 2.05) is 62.5 Å². The van der Waals surface area contributed by atoms with Crippen molar-refractivity contribution < 1.29 is 24.1 Å². The van der Waals surface area contributed by atoms with Crippen molar-refractivity contribution in [1.29, 1.82) is 0 Å². The maximum absolute atomic E-state index is 9.31. The lowest BCUT2D eigenvalue weighted by atomic mass is 9.86. The van der Waals surface area contributed by atoms with Crippen LogP contribution in [0.25, 0.3) is 10.2 Å². The van der Waals surface area contributed by atoms with E-state index >= 15 is 0 Å². The number of hydrogen-bond donors (Lipinski definition) is 4. The highest BCUT2D eigenvalue weighted by Gasteiger charge is 2.21. The Morgan fingerprint density at radius 1 is 0.461 bits per heavy atom. The van der Waals surface area contributed by atoms with Gasteiger partial charge in [0, 0.05) is 18.4 Å². The van der Waals surface area contributed by atoms with Crippen molar-refractivity contribution in [2.75, 3.05) is 43.8 Å². The second-order valence-corrected chi connectivity index (χ2v) is 26.7. The minimum atomic E-state index is 0.163. The maximum Gasteiger partial charge on any atom is 0.231 e. The molecule has 2 aliphatic rings. The van der Waals surface area contributed by atoms with Gasteiger partial charge in [-0.3, -0.25) is 0 Å². The van der Waals surface area contributed by atoms with Crippen molar-refractivity contribution in [3.63, 3.8) is 0 Å². The Hall–Kier alpha value is -6.39. The number of benzene rings is 6. The first-order valence-corrected chi connectivity index (χ1v) is 27.3. The molecule has 6 aromatic carbocycles. The average Bonchev–Trinajstić information content (AvgIpc) is 3.97. The molecule has 1 aromatic heterocycles. The Labute approximate surface area is 461 Å². The van der Waals surface area contributed by atoms with Crippen LogP contribution in [-0.2, 0) is 32.5 Å². The van der Waals surface area contributed by atoms with Gasteiger partial charge < -0.3 is 40.8 Å². The zero-order valence-corrected chi connectivity index (χ0v) is 50.6. The van der Waals surface area contributed by atoms with Crippen molar-refractivity contribution in [3.8, 4) is 28.7 Å². The number of nitrogens with one attached hydrogen (secondary N) is 1. The molecule has 0 fully saturated rings. The van der Waals surface area contributed by atoms with Crippen molar-refractivity contribution >= 4 is 38.1 Å². The Kier molecular flexibility index (Phi) is 21.0. The van der Waals surface area contributed by atoms with Gasteiger partial charge in [0.05, 0.1) is 10.2 Å². The number of nitrogen functional groups attached to an aromatic ring is 2. The number of thiazole rings is 1. The molecule has 0 spiro atoms. The summed E-state index contributed by atoms with van der Waals surface area (Å²) < 4.78 is 22.7. The number of phenols is 1. The molecule has 3 heterocycles. The summed E-state index contributed by atoms with van der Waals surface area (Å²) in [5, 5.41) is 13.1. The molecular formula is C66H92N4O5S. The molecule has 0 bridgehead atoms. The number of nitrogens with two attached hydrogens (primary N) is 2. The van der Waals surface area contributed by atoms with Crippen LogP contribution in [0.3, 0.4) is 0 Å². The molecule has 10 heteroatoms. The highest BCUT2D eigenvalue weighted by atomic mass is 32.1. The number of aromatic hydroxyl groups is 1. The van der Waals surface area contributed by atoms with Crippen LogP contribution in [0, 0.1) is 6.92 Å². The fourth-order valence-electron chi connectivity index (χ4n) is 7.55. The summed E-state index contributed by atoms with van der Waals surface area (Å²) in [5.74, 6) is 3.84. The van der Waals surface area contributed by atoms with Crippen molar-refractivity contribution in [2.24, 2.45) is 0 Å². The second-order valence-electron chi connectivity index (χ2n) is 25.6. The number of phenolic OH excluding ortho intramolecular Hbond substituents is 1. The second kappa shape index (κ2) is 25.6. The summed E-state index contributed by atoms with van der Waals surface area (Å²) in [6, 6.07) is 41.0. The van der Waals surface area contributed by atoms with Crippen molar-refractivity contribution in [3.05, 3.63) is 160 Å². The summed E-state index contributed by atoms with van der Waals surface area (Å²) in [4.78, 5) is 4.23. The molecule has 0 saturated carbocycles. The summed E-state index contributed by atoms with van der Waals surface area (Å²) in [6.45, 7) is 43.0. The number of anilines is 3. The van der Waals surface area contributed by atoms with Crippen LogP contribution in [0.15, 0.2) is 121 Å². The van der Waals surface area contributed by atoms with Crippen LogP contribution in [0.5, 0.6) is 28.7 Å². The normalized spacial score (nSPS) is 12.9. The maximum atomic E-state index is 9.31. The number of aromatic nitrogens is 1. The number of hydrogen-bond acceptors (Lipinski definition) is 10. The largest absolute Gasteiger partial charge is 0.508 e. The number of fused-ring (bicyclic) bond motifs is 3. The van der Waals surface area contributed by atoms with E-state index in [4.69, 9.17) is 30.4 Å². The zero-order valence-electron chi connectivity index (χ0n) is 49.8. The van der Waals surface area contributed by atoms with Gasteiger partial charge in [-0.1, -0.05) is 191 Å². The number of rotatable bonds is 1. The number of nitrogens with zero attached hydrogens (tertiary/aromatic N) is 1. The molecule has 9 nitrogen and oxygen atoms in total. The summed E-state index contributed by atoms with van der Waals surface area (Å²) in [6.07, 6.45) is 0. The smallest absolute Gasteiger partial charge is 0.231 e. The van der Waals surface area contributed by atoms with Crippen LogP contribution in [-0.4, -0.2) is 37.1 Å². The predicted molar refractivity (Wildman–Crippen MR) is 326 cm³/mol. The van der Waals surface area contributed by atoms with Gasteiger partial charge in [-0.2, -0.15) is 0 Å². The topological polar surface area (TPSA) is 134 Å². The van der Waals surface area contributed by atoms with E-state index in [-0.39, 0.29) is 32.5 Å². The lowest BCUT2D eigenvalue weighted by Crippen LogP contribution is -2.17. The number of ether oxygens (including phenoxy) is 4. The van der Waals surface area contributed by atoms with Gasteiger partial charge in [0.1, 0.15) is 19.0 Å². The fraction of sp³-hybridized carbons (Fsp3) is 0.439. The van der Waals surface area contributed by atoms with Crippen molar-refractivity contribution in [2.45, 2.75) is 164 Å². The predicted octanol–water partition coefficient (Wildman–Crippen LogP) is 17.2. The molecule has 0 saturated heterocycles. The average molecular weight is 1050 g/mol. The molecule has 6 N–H and O–H groups in total. The molecule has 76 heavy (non-hydrogen) atoms. The Morgan fingerprint density at radius 2 is 0.868 bits per heavy atom. The van der Waals surface area contributed by atoms with Gasteiger partial charge in [-0.25, -0.2) is 4.98 Å². The molecule has 412 valence electrons. The molecule has 9 rings (SSSR count). The molecule has 0 atom stereocenters. The standard InChI is InChI=1S/C12H16O2.C11H14N2S.C11H17N.C11H14O2.C11H16O.C10H15N/c1-12(2,3)9-4-5-10-11(8-9)14-7-6-13-10;1-11(2,3)7-4-5-8-9(6-7)14-10(12)13-8;1-11(2,3)9-6-5-7-10(8-9)12-4;1-11(2,3)8-4-5-9-10(6-8)13-7-12-9;1-8-7-9(11(2,3)4)5-6-10(8)12;1-10(2,3)8-5-4-6-9(11)7-8/h4-5,8H,6-7H2,1-3H3;4-6H,1-3H3,(H2,12,13);5-8,12H,1-4H3;4-6H,7H2,1-3H3;5-7,12H,1-4H3;4-7H,11H2,1-3H3. The summed E-state index contributed by atoms with van der Waals surface area (Å²) in [7, 11) is 1.95. The van der Waals surface area contributed by atoms with Crippen molar-refractivity contribution in [1.82, 2.24) is 4.98 Å². The first-order valence-electron chi connectivity index (χ1n) is 26.5. The Morgan fingerprint density at radius 3 is 1.36 bits per heavy atom. The SMILES string of the molecule is CC(C)(C)c1ccc2c(c1)OCCO2.CC(C)(C)c1ccc2c(c1)OCO2.CC(C)(C)c1ccc2nc(N)sc2c1.CC(C)(C)c1cccc(N)c1.CNc1cccc(C(C)(C)C)c1.Cc1cc(C(C)(C)C)ccc1O.